The van der Waals surface area contributed by atoms with E-state index in [1.165, 1.54) is 12.1 Å². The van der Waals surface area contributed by atoms with Crippen molar-refractivity contribution in [3.8, 4) is 0 Å². The third-order valence-corrected chi connectivity index (χ3v) is 10.2. The molecule has 5 rings (SSSR count). The predicted octanol–water partition coefficient (Wildman–Crippen LogP) is 3.85. The highest BCUT2D eigenvalue weighted by atomic mass is 32.2. The van der Waals surface area contributed by atoms with E-state index in [2.05, 4.69) is 15.5 Å². The number of aromatic nitrogens is 3. The number of benzene rings is 2. The van der Waals surface area contributed by atoms with Gasteiger partial charge < -0.3 is 14.8 Å². The number of rotatable bonds is 6. The summed E-state index contributed by atoms with van der Waals surface area (Å²) in [5.74, 6) is -1.10. The molecule has 1 aromatic heterocycles. The maximum absolute atomic E-state index is 15.3. The third-order valence-electron chi connectivity index (χ3n) is 7.64. The van der Waals surface area contributed by atoms with E-state index in [9.17, 15) is 8.42 Å². The molecule has 2 saturated heterocycles. The van der Waals surface area contributed by atoms with Crippen LogP contribution >= 0.6 is 0 Å². The van der Waals surface area contributed by atoms with Crippen LogP contribution in [0.3, 0.4) is 0 Å². The number of piperidine rings is 1. The van der Waals surface area contributed by atoms with Crippen molar-refractivity contribution in [1.29, 1.82) is 0 Å². The normalized spacial score (nSPS) is 24.6. The lowest BCUT2D eigenvalue weighted by atomic mass is 9.99. The molecule has 3 atom stereocenters. The Labute approximate surface area is 210 Å². The maximum atomic E-state index is 15.3. The second-order valence-electron chi connectivity index (χ2n) is 9.68. The van der Waals surface area contributed by atoms with E-state index in [0.717, 1.165) is 12.8 Å². The summed E-state index contributed by atoms with van der Waals surface area (Å²) < 4.78 is 59.8. The molecule has 3 aromatic rings. The highest BCUT2D eigenvalue weighted by Gasteiger charge is 2.43. The van der Waals surface area contributed by atoms with Crippen LogP contribution in [0.5, 0.6) is 0 Å². The SMILES string of the molecule is CC[C@@H]1NC[C@@H](c2ccccc2)S(=O)(=O)C1Cc1cc(F)c(N2CCC(n3cnnc3)CC2)cc1F. The highest BCUT2D eigenvalue weighted by Crippen LogP contribution is 2.35. The quantitative estimate of drug-likeness (QED) is 0.537. The van der Waals surface area contributed by atoms with Crippen LogP contribution in [-0.2, 0) is 16.3 Å². The Kier molecular flexibility index (Phi) is 7.07. The lowest BCUT2D eigenvalue weighted by Gasteiger charge is -2.37. The molecule has 2 aliphatic rings. The Hall–Kier alpha value is -2.85. The van der Waals surface area contributed by atoms with Crippen molar-refractivity contribution in [1.82, 2.24) is 20.1 Å². The number of hydrogen-bond donors (Lipinski definition) is 1. The topological polar surface area (TPSA) is 80.1 Å². The summed E-state index contributed by atoms with van der Waals surface area (Å²) in [7, 11) is -3.64. The van der Waals surface area contributed by atoms with Crippen molar-refractivity contribution in [2.24, 2.45) is 0 Å². The summed E-state index contributed by atoms with van der Waals surface area (Å²) in [6.07, 6.45) is 5.40. The van der Waals surface area contributed by atoms with Crippen molar-refractivity contribution >= 4 is 15.5 Å². The van der Waals surface area contributed by atoms with Crippen LogP contribution in [0.4, 0.5) is 14.5 Å². The van der Waals surface area contributed by atoms with Crippen LogP contribution < -0.4 is 10.2 Å². The van der Waals surface area contributed by atoms with Gasteiger partial charge in [0.2, 0.25) is 0 Å². The Morgan fingerprint density at radius 3 is 2.39 bits per heavy atom. The smallest absolute Gasteiger partial charge is 0.163 e. The van der Waals surface area contributed by atoms with E-state index in [-0.39, 0.29) is 29.8 Å². The average Bonchev–Trinajstić information content (AvgIpc) is 3.42. The van der Waals surface area contributed by atoms with Gasteiger partial charge >= 0.3 is 0 Å². The largest absolute Gasteiger partial charge is 0.369 e. The summed E-state index contributed by atoms with van der Waals surface area (Å²) in [5, 5.41) is 9.47. The Morgan fingerprint density at radius 2 is 1.72 bits per heavy atom. The second-order valence-corrected chi connectivity index (χ2v) is 12.0. The highest BCUT2D eigenvalue weighted by molar-refractivity contribution is 7.92. The molecule has 2 fully saturated rings. The fraction of sp³-hybridized carbons (Fsp3) is 0.462. The Bertz CT molecular complexity index is 1280. The second kappa shape index (κ2) is 10.3. The van der Waals surface area contributed by atoms with Crippen LogP contribution in [0.15, 0.2) is 55.1 Å². The van der Waals surface area contributed by atoms with Gasteiger partial charge in [-0.05, 0) is 42.9 Å². The molecule has 10 heteroatoms. The first-order valence-corrected chi connectivity index (χ1v) is 14.1. The van der Waals surface area contributed by atoms with Crippen molar-refractivity contribution in [2.75, 3.05) is 24.5 Å². The molecule has 2 aromatic carbocycles. The van der Waals surface area contributed by atoms with Gasteiger partial charge in [-0.2, -0.15) is 0 Å². The molecule has 0 saturated carbocycles. The standard InChI is InChI=1S/C26H31F2N5O2S/c1-2-23-25(36(34,35)26(15-29-23)18-6-4-3-5-7-18)13-19-12-22(28)24(14-21(19)27)32-10-8-20(9-11-32)33-16-30-31-17-33/h3-7,12,14,16-17,20,23,25-26,29H,2,8-11,13,15H2,1H3/t23-,25?,26-/m0/s1. The first-order valence-electron chi connectivity index (χ1n) is 12.5. The fourth-order valence-electron chi connectivity index (χ4n) is 5.58. The predicted molar refractivity (Wildman–Crippen MR) is 135 cm³/mol. The lowest BCUT2D eigenvalue weighted by molar-refractivity contribution is 0.392. The van der Waals surface area contributed by atoms with E-state index in [1.54, 1.807) is 24.8 Å². The van der Waals surface area contributed by atoms with E-state index in [1.807, 2.05) is 34.6 Å². The van der Waals surface area contributed by atoms with Gasteiger partial charge in [0.05, 0.1) is 16.2 Å². The van der Waals surface area contributed by atoms with Gasteiger partial charge in [-0.25, -0.2) is 17.2 Å². The molecule has 0 amide bonds. The first-order chi connectivity index (χ1) is 17.4. The summed E-state index contributed by atoms with van der Waals surface area (Å²) >= 11 is 0. The number of sulfone groups is 1. The Balaban J connectivity index is 1.36. The molecule has 36 heavy (non-hydrogen) atoms. The minimum atomic E-state index is -3.64. The van der Waals surface area contributed by atoms with Gasteiger partial charge in [0.25, 0.3) is 0 Å². The minimum absolute atomic E-state index is 0.0735. The molecule has 2 aliphatic heterocycles. The van der Waals surface area contributed by atoms with E-state index >= 15 is 8.78 Å². The third kappa shape index (κ3) is 4.76. The number of nitrogens with one attached hydrogen (secondary N) is 1. The Morgan fingerprint density at radius 1 is 1.03 bits per heavy atom. The average molecular weight is 516 g/mol. The molecule has 7 nitrogen and oxygen atoms in total. The first kappa shape index (κ1) is 24.8. The summed E-state index contributed by atoms with van der Waals surface area (Å²) in [4.78, 5) is 1.85. The summed E-state index contributed by atoms with van der Waals surface area (Å²) in [6, 6.07) is 11.4. The van der Waals surface area contributed by atoms with Crippen molar-refractivity contribution in [3.63, 3.8) is 0 Å². The van der Waals surface area contributed by atoms with Crippen molar-refractivity contribution in [2.45, 2.75) is 55.2 Å². The van der Waals surface area contributed by atoms with Gasteiger partial charge in [0.1, 0.15) is 24.3 Å². The molecular formula is C26H31F2N5O2S. The van der Waals surface area contributed by atoms with Crippen LogP contribution in [0, 0.1) is 11.6 Å². The minimum Gasteiger partial charge on any atom is -0.369 e. The van der Waals surface area contributed by atoms with E-state index < -0.39 is 32.0 Å². The molecule has 0 bridgehead atoms. The van der Waals surface area contributed by atoms with Gasteiger partial charge in [-0.15, -0.1) is 10.2 Å². The molecule has 0 spiro atoms. The maximum Gasteiger partial charge on any atom is 0.163 e. The van der Waals surface area contributed by atoms with Gasteiger partial charge in [0.15, 0.2) is 9.84 Å². The van der Waals surface area contributed by atoms with E-state index in [0.29, 0.717) is 31.6 Å². The molecule has 0 radical (unpaired) electrons. The van der Waals surface area contributed by atoms with Crippen LogP contribution in [0.2, 0.25) is 0 Å². The van der Waals surface area contributed by atoms with Crippen LogP contribution in [-0.4, -0.2) is 54.1 Å². The van der Waals surface area contributed by atoms with Gasteiger partial charge in [-0.1, -0.05) is 37.3 Å². The molecule has 3 heterocycles. The number of halogens is 2. The molecule has 192 valence electrons. The zero-order valence-corrected chi connectivity index (χ0v) is 21.0. The van der Waals surface area contributed by atoms with Gasteiger partial charge in [0, 0.05) is 37.8 Å². The van der Waals surface area contributed by atoms with Crippen molar-refractivity contribution < 1.29 is 17.2 Å². The number of anilines is 1. The number of nitrogens with zero attached hydrogens (tertiary/aromatic N) is 4. The summed E-state index contributed by atoms with van der Waals surface area (Å²) in [5.41, 5.74) is 1.02. The van der Waals surface area contributed by atoms with Gasteiger partial charge in [-0.3, -0.25) is 0 Å². The monoisotopic (exact) mass is 515 g/mol. The number of hydrogen-bond acceptors (Lipinski definition) is 6. The van der Waals surface area contributed by atoms with Crippen LogP contribution in [0.25, 0.3) is 0 Å². The van der Waals surface area contributed by atoms with E-state index in [4.69, 9.17) is 0 Å². The zero-order chi connectivity index (χ0) is 25.3. The fourth-order valence-corrected chi connectivity index (χ4v) is 8.03. The molecule has 0 aliphatic carbocycles. The van der Waals surface area contributed by atoms with Crippen LogP contribution in [0.1, 0.15) is 48.6 Å². The summed E-state index contributed by atoms with van der Waals surface area (Å²) in [6.45, 7) is 3.38. The molecule has 1 N–H and O–H groups in total. The molecule has 1 unspecified atom stereocenters. The lowest BCUT2D eigenvalue weighted by Crippen LogP contribution is -2.54. The van der Waals surface area contributed by atoms with Crippen molar-refractivity contribution in [3.05, 3.63) is 77.9 Å². The molecular weight excluding hydrogens is 484 g/mol. The zero-order valence-electron chi connectivity index (χ0n) is 20.2.